The number of nitrogen functional groups attached to an aromatic ring is 1. The van der Waals surface area contributed by atoms with Gasteiger partial charge in [-0.2, -0.15) is 0 Å². The van der Waals surface area contributed by atoms with Crippen LogP contribution in [0.15, 0.2) is 30.3 Å². The van der Waals surface area contributed by atoms with E-state index in [0.717, 1.165) is 28.7 Å². The number of nitrogens with one attached hydrogen (secondary N) is 1. The highest BCUT2D eigenvalue weighted by atomic mass is 35.5. The van der Waals surface area contributed by atoms with E-state index in [9.17, 15) is 0 Å². The van der Waals surface area contributed by atoms with Crippen molar-refractivity contribution >= 4 is 34.3 Å². The summed E-state index contributed by atoms with van der Waals surface area (Å²) in [7, 11) is 0. The van der Waals surface area contributed by atoms with Crippen LogP contribution in [0, 0.1) is 0 Å². The molecule has 0 aliphatic rings. The van der Waals surface area contributed by atoms with Crippen LogP contribution in [0.25, 0.3) is 0 Å². The maximum atomic E-state index is 5.91. The highest BCUT2D eigenvalue weighted by Gasteiger charge is 2.05. The van der Waals surface area contributed by atoms with Crippen LogP contribution in [-0.4, -0.2) is 12.6 Å². The minimum atomic E-state index is 0.112. The molecule has 3 nitrogen and oxygen atoms in total. The molecule has 5 heteroatoms. The van der Waals surface area contributed by atoms with Crippen LogP contribution in [-0.2, 0) is 6.42 Å². The number of hydrogen-bond acceptors (Lipinski definition) is 4. The highest BCUT2D eigenvalue weighted by Crippen LogP contribution is 2.27. The lowest BCUT2D eigenvalue weighted by atomic mass is 10.2. The topological polar surface area (TPSA) is 47.3 Å². The molecule has 0 spiro atoms. The maximum absolute atomic E-state index is 5.91. The Bertz CT molecular complexity index is 569. The standard InChI is InChI=1S/C15H19ClN2OS/c1-10(2)19-14-9-11(3-5-13(14)17)18-8-7-12-4-6-15(16)20-12/h3-6,9-10,18H,7-8,17H2,1-2H3. The molecule has 2 rings (SSSR count). The van der Waals surface area contributed by atoms with E-state index in [4.69, 9.17) is 22.1 Å². The first-order valence-electron chi connectivity index (χ1n) is 6.59. The molecule has 1 heterocycles. The summed E-state index contributed by atoms with van der Waals surface area (Å²) in [5.74, 6) is 0.726. The van der Waals surface area contributed by atoms with Gasteiger partial charge in [0.2, 0.25) is 0 Å². The molecule has 0 unspecified atom stereocenters. The molecule has 0 fully saturated rings. The number of rotatable bonds is 6. The first-order chi connectivity index (χ1) is 9.54. The lowest BCUT2D eigenvalue weighted by molar-refractivity contribution is 0.244. The summed E-state index contributed by atoms with van der Waals surface area (Å²) >= 11 is 7.53. The zero-order chi connectivity index (χ0) is 14.5. The molecule has 0 bridgehead atoms. The second-order valence-electron chi connectivity index (χ2n) is 4.80. The molecule has 0 saturated heterocycles. The Morgan fingerprint density at radius 2 is 2.10 bits per heavy atom. The van der Waals surface area contributed by atoms with Crippen molar-refractivity contribution in [3.8, 4) is 5.75 Å². The van der Waals surface area contributed by atoms with Crippen molar-refractivity contribution in [3.63, 3.8) is 0 Å². The van der Waals surface area contributed by atoms with E-state index >= 15 is 0 Å². The van der Waals surface area contributed by atoms with Gasteiger partial charge in [-0.05, 0) is 44.5 Å². The summed E-state index contributed by atoms with van der Waals surface area (Å²) < 4.78 is 6.51. The van der Waals surface area contributed by atoms with Crippen molar-refractivity contribution in [2.75, 3.05) is 17.6 Å². The Morgan fingerprint density at radius 3 is 2.75 bits per heavy atom. The minimum absolute atomic E-state index is 0.112. The third-order valence-corrected chi connectivity index (χ3v) is 4.00. The van der Waals surface area contributed by atoms with Gasteiger partial charge in [0.25, 0.3) is 0 Å². The van der Waals surface area contributed by atoms with Crippen LogP contribution in [0.2, 0.25) is 4.34 Å². The summed E-state index contributed by atoms with van der Waals surface area (Å²) in [6, 6.07) is 9.76. The number of anilines is 2. The molecule has 0 atom stereocenters. The van der Waals surface area contributed by atoms with Gasteiger partial charge in [-0.1, -0.05) is 11.6 Å². The van der Waals surface area contributed by atoms with E-state index < -0.39 is 0 Å². The Morgan fingerprint density at radius 1 is 1.30 bits per heavy atom. The maximum Gasteiger partial charge on any atom is 0.144 e. The van der Waals surface area contributed by atoms with Crippen molar-refractivity contribution in [3.05, 3.63) is 39.5 Å². The van der Waals surface area contributed by atoms with Crippen LogP contribution < -0.4 is 15.8 Å². The van der Waals surface area contributed by atoms with E-state index in [1.807, 2.05) is 38.1 Å². The van der Waals surface area contributed by atoms with Gasteiger partial charge >= 0.3 is 0 Å². The SMILES string of the molecule is CC(C)Oc1cc(NCCc2ccc(Cl)s2)ccc1N. The molecule has 1 aromatic carbocycles. The highest BCUT2D eigenvalue weighted by molar-refractivity contribution is 7.16. The van der Waals surface area contributed by atoms with Crippen molar-refractivity contribution < 1.29 is 4.74 Å². The summed E-state index contributed by atoms with van der Waals surface area (Å²) in [4.78, 5) is 1.27. The lowest BCUT2D eigenvalue weighted by Gasteiger charge is -2.14. The molecular weight excluding hydrogens is 292 g/mol. The van der Waals surface area contributed by atoms with Crippen molar-refractivity contribution in [1.82, 2.24) is 0 Å². The van der Waals surface area contributed by atoms with Crippen molar-refractivity contribution in [2.24, 2.45) is 0 Å². The van der Waals surface area contributed by atoms with Crippen LogP contribution in [0.5, 0.6) is 5.75 Å². The van der Waals surface area contributed by atoms with Crippen molar-refractivity contribution in [2.45, 2.75) is 26.4 Å². The zero-order valence-electron chi connectivity index (χ0n) is 11.7. The Kier molecular flexibility index (Phi) is 5.15. The number of thiophene rings is 1. The average molecular weight is 311 g/mol. The molecule has 1 aromatic heterocycles. The summed E-state index contributed by atoms with van der Waals surface area (Å²) in [5.41, 5.74) is 7.57. The minimum Gasteiger partial charge on any atom is -0.489 e. The van der Waals surface area contributed by atoms with E-state index in [1.54, 1.807) is 11.3 Å². The van der Waals surface area contributed by atoms with Gasteiger partial charge in [-0.25, -0.2) is 0 Å². The molecule has 0 aliphatic carbocycles. The molecule has 2 aromatic rings. The zero-order valence-corrected chi connectivity index (χ0v) is 13.2. The van der Waals surface area contributed by atoms with Gasteiger partial charge in [0.15, 0.2) is 0 Å². The van der Waals surface area contributed by atoms with Gasteiger partial charge < -0.3 is 15.8 Å². The fourth-order valence-electron chi connectivity index (χ4n) is 1.82. The predicted octanol–water partition coefficient (Wildman–Crippen LogP) is 4.43. The second-order valence-corrected chi connectivity index (χ2v) is 6.60. The van der Waals surface area contributed by atoms with Gasteiger partial charge in [0.1, 0.15) is 5.75 Å². The Balaban J connectivity index is 1.92. The first-order valence-corrected chi connectivity index (χ1v) is 7.78. The normalized spacial score (nSPS) is 10.8. The molecule has 0 saturated carbocycles. The largest absolute Gasteiger partial charge is 0.489 e. The number of benzene rings is 1. The number of ether oxygens (including phenoxy) is 1. The fourth-order valence-corrected chi connectivity index (χ4v) is 2.90. The first kappa shape index (κ1) is 15.0. The number of nitrogens with two attached hydrogens (primary N) is 1. The molecule has 20 heavy (non-hydrogen) atoms. The average Bonchev–Trinajstić information content (AvgIpc) is 2.78. The van der Waals surface area contributed by atoms with Crippen molar-refractivity contribution in [1.29, 1.82) is 0 Å². The van der Waals surface area contributed by atoms with Crippen LogP contribution in [0.4, 0.5) is 11.4 Å². The molecule has 108 valence electrons. The van der Waals surface area contributed by atoms with Crippen LogP contribution >= 0.6 is 22.9 Å². The molecular formula is C15H19ClN2OS. The fraction of sp³-hybridized carbons (Fsp3) is 0.333. The predicted molar refractivity (Wildman–Crippen MR) is 88.1 cm³/mol. The molecule has 0 radical (unpaired) electrons. The number of hydrogen-bond donors (Lipinski definition) is 2. The summed E-state index contributed by atoms with van der Waals surface area (Å²) in [6.07, 6.45) is 1.06. The van der Waals surface area contributed by atoms with E-state index in [2.05, 4.69) is 11.4 Å². The van der Waals surface area contributed by atoms with Gasteiger partial charge in [-0.3, -0.25) is 0 Å². The summed E-state index contributed by atoms with van der Waals surface area (Å²) in [6.45, 7) is 4.82. The van der Waals surface area contributed by atoms with Gasteiger partial charge in [-0.15, -0.1) is 11.3 Å². The molecule has 0 amide bonds. The van der Waals surface area contributed by atoms with Crippen LogP contribution in [0.1, 0.15) is 18.7 Å². The van der Waals surface area contributed by atoms with E-state index in [1.165, 1.54) is 4.88 Å². The monoisotopic (exact) mass is 310 g/mol. The summed E-state index contributed by atoms with van der Waals surface area (Å²) in [5, 5.41) is 3.37. The smallest absolute Gasteiger partial charge is 0.144 e. The third-order valence-electron chi connectivity index (χ3n) is 2.71. The lowest BCUT2D eigenvalue weighted by Crippen LogP contribution is -2.09. The second kappa shape index (κ2) is 6.86. The van der Waals surface area contributed by atoms with Gasteiger partial charge in [0, 0.05) is 23.2 Å². The quantitative estimate of drug-likeness (QED) is 0.776. The Labute approximate surface area is 128 Å². The Hall–Kier alpha value is -1.39. The molecule has 0 aliphatic heterocycles. The van der Waals surface area contributed by atoms with E-state index in [-0.39, 0.29) is 6.10 Å². The third kappa shape index (κ3) is 4.32. The van der Waals surface area contributed by atoms with Gasteiger partial charge in [0.05, 0.1) is 16.1 Å². The molecule has 3 N–H and O–H groups in total. The van der Waals surface area contributed by atoms with E-state index in [0.29, 0.717) is 5.69 Å². The van der Waals surface area contributed by atoms with Crippen LogP contribution in [0.3, 0.4) is 0 Å². The number of halogens is 1.